The summed E-state index contributed by atoms with van der Waals surface area (Å²) in [6.07, 6.45) is 2.75. The van der Waals surface area contributed by atoms with E-state index in [2.05, 4.69) is 4.90 Å². The third-order valence-electron chi connectivity index (χ3n) is 3.23. The first-order valence-corrected chi connectivity index (χ1v) is 7.04. The molecule has 1 heterocycles. The van der Waals surface area contributed by atoms with Crippen LogP contribution in [-0.2, 0) is 11.3 Å². The Bertz CT molecular complexity index is 459. The van der Waals surface area contributed by atoms with Gasteiger partial charge in [-0.15, -0.1) is 0 Å². The van der Waals surface area contributed by atoms with Gasteiger partial charge in [0.25, 0.3) is 0 Å². The zero-order valence-electron chi connectivity index (χ0n) is 12.4. The normalized spacial score (nSPS) is 10.8. The molecule has 0 fully saturated rings. The number of hydrogen-bond acceptors (Lipinski definition) is 4. The molecule has 0 saturated carbocycles. The zero-order chi connectivity index (χ0) is 15.1. The molecule has 5 nitrogen and oxygen atoms in total. The smallest absolute Gasteiger partial charge is 0.223 e. The molecule has 6 heteroatoms. The average Bonchev–Trinajstić information content (AvgIpc) is 2.78. The lowest BCUT2D eigenvalue weighted by molar-refractivity contribution is -0.130. The van der Waals surface area contributed by atoms with Crippen LogP contribution in [0.1, 0.15) is 24.2 Å². The molecule has 0 bridgehead atoms. The van der Waals surface area contributed by atoms with Crippen LogP contribution in [0.15, 0.2) is 16.7 Å². The molecule has 1 aromatic heterocycles. The molecular formula is C14H23N3O2S. The second kappa shape index (κ2) is 8.01. The van der Waals surface area contributed by atoms with Crippen molar-refractivity contribution in [1.29, 1.82) is 0 Å². The lowest BCUT2D eigenvalue weighted by atomic mass is 10.2. The Morgan fingerprint density at radius 2 is 2.05 bits per heavy atom. The van der Waals surface area contributed by atoms with Crippen LogP contribution in [-0.4, -0.2) is 47.9 Å². The van der Waals surface area contributed by atoms with Crippen molar-refractivity contribution in [2.24, 2.45) is 5.73 Å². The second-order valence-electron chi connectivity index (χ2n) is 5.02. The Labute approximate surface area is 125 Å². The van der Waals surface area contributed by atoms with Gasteiger partial charge in [0.15, 0.2) is 0 Å². The molecule has 1 amide bonds. The van der Waals surface area contributed by atoms with E-state index in [9.17, 15) is 4.79 Å². The monoisotopic (exact) mass is 297 g/mol. The van der Waals surface area contributed by atoms with Crippen molar-refractivity contribution in [3.63, 3.8) is 0 Å². The van der Waals surface area contributed by atoms with Crippen LogP contribution in [0.2, 0.25) is 0 Å². The standard InChI is InChI=1S/C14H23N3O2S/c1-11-12(6-9-19-11)10-16(2)7-5-14(18)17(3)8-4-13(15)20/h6,9H,4-5,7-8,10H2,1-3H3,(H2,15,20). The van der Waals surface area contributed by atoms with Crippen LogP contribution in [0, 0.1) is 6.92 Å². The molecule has 0 radical (unpaired) electrons. The fourth-order valence-corrected chi connectivity index (χ4v) is 1.92. The lowest BCUT2D eigenvalue weighted by Gasteiger charge is -2.20. The van der Waals surface area contributed by atoms with Crippen LogP contribution in [0.5, 0.6) is 0 Å². The van der Waals surface area contributed by atoms with Crippen molar-refractivity contribution in [2.75, 3.05) is 27.2 Å². The quantitative estimate of drug-likeness (QED) is 0.738. The number of amides is 1. The Morgan fingerprint density at radius 3 is 2.60 bits per heavy atom. The van der Waals surface area contributed by atoms with Crippen molar-refractivity contribution in [1.82, 2.24) is 9.80 Å². The summed E-state index contributed by atoms with van der Waals surface area (Å²) in [6.45, 7) is 4.02. The zero-order valence-corrected chi connectivity index (χ0v) is 13.2. The Balaban J connectivity index is 2.29. The summed E-state index contributed by atoms with van der Waals surface area (Å²) in [5.74, 6) is 1.04. The molecule has 2 N–H and O–H groups in total. The van der Waals surface area contributed by atoms with E-state index in [4.69, 9.17) is 22.4 Å². The van der Waals surface area contributed by atoms with Crippen LogP contribution >= 0.6 is 12.2 Å². The van der Waals surface area contributed by atoms with Gasteiger partial charge in [-0.2, -0.15) is 0 Å². The summed E-state index contributed by atoms with van der Waals surface area (Å²) in [4.78, 5) is 16.2. The van der Waals surface area contributed by atoms with Gasteiger partial charge in [0.05, 0.1) is 11.3 Å². The van der Waals surface area contributed by atoms with Crippen molar-refractivity contribution < 1.29 is 9.21 Å². The number of furan rings is 1. The molecular weight excluding hydrogens is 274 g/mol. The van der Waals surface area contributed by atoms with Crippen molar-refractivity contribution in [2.45, 2.75) is 26.3 Å². The Kier molecular flexibility index (Phi) is 6.67. The molecule has 1 rings (SSSR count). The molecule has 0 aromatic carbocycles. The van der Waals surface area contributed by atoms with E-state index in [1.807, 2.05) is 20.0 Å². The van der Waals surface area contributed by atoms with Gasteiger partial charge in [-0.05, 0) is 20.0 Å². The van der Waals surface area contributed by atoms with Crippen molar-refractivity contribution >= 4 is 23.1 Å². The number of hydrogen-bond donors (Lipinski definition) is 1. The van der Waals surface area contributed by atoms with Crippen molar-refractivity contribution in [3.05, 3.63) is 23.7 Å². The Morgan fingerprint density at radius 1 is 1.35 bits per heavy atom. The first-order valence-electron chi connectivity index (χ1n) is 6.64. The van der Waals surface area contributed by atoms with E-state index < -0.39 is 0 Å². The summed E-state index contributed by atoms with van der Waals surface area (Å²) in [5, 5.41) is 0. The fourth-order valence-electron chi connectivity index (χ4n) is 1.83. The first-order chi connectivity index (χ1) is 9.40. The molecule has 20 heavy (non-hydrogen) atoms. The minimum atomic E-state index is 0.108. The number of nitrogens with zero attached hydrogens (tertiary/aromatic N) is 2. The summed E-state index contributed by atoms with van der Waals surface area (Å²) >= 11 is 4.81. The van der Waals surface area contributed by atoms with Gasteiger partial charge >= 0.3 is 0 Å². The number of carbonyl (C=O) groups excluding carboxylic acids is 1. The van der Waals surface area contributed by atoms with E-state index in [1.165, 1.54) is 0 Å². The highest BCUT2D eigenvalue weighted by Gasteiger charge is 2.11. The molecule has 0 saturated heterocycles. The highest BCUT2D eigenvalue weighted by atomic mass is 32.1. The highest BCUT2D eigenvalue weighted by Crippen LogP contribution is 2.11. The molecule has 0 spiro atoms. The number of carbonyl (C=O) groups is 1. The third-order valence-corrected chi connectivity index (χ3v) is 3.44. The second-order valence-corrected chi connectivity index (χ2v) is 5.55. The van der Waals surface area contributed by atoms with Gasteiger partial charge < -0.3 is 20.0 Å². The van der Waals surface area contributed by atoms with Gasteiger partial charge in [0.2, 0.25) is 5.91 Å². The average molecular weight is 297 g/mol. The van der Waals surface area contributed by atoms with Crippen molar-refractivity contribution in [3.8, 4) is 0 Å². The minimum Gasteiger partial charge on any atom is -0.469 e. The largest absolute Gasteiger partial charge is 0.469 e. The fraction of sp³-hybridized carbons (Fsp3) is 0.571. The van der Waals surface area contributed by atoms with Crippen LogP contribution in [0.25, 0.3) is 0 Å². The predicted octanol–water partition coefficient (Wildman–Crippen LogP) is 1.54. The number of nitrogens with two attached hydrogens (primary N) is 1. The van der Waals surface area contributed by atoms with Gasteiger partial charge in [0.1, 0.15) is 5.76 Å². The van der Waals surface area contributed by atoms with Gasteiger partial charge in [0, 0.05) is 45.1 Å². The molecule has 112 valence electrons. The molecule has 0 aliphatic rings. The Hall–Kier alpha value is -1.40. The molecule has 0 aliphatic carbocycles. The van der Waals surface area contributed by atoms with Gasteiger partial charge in [-0.25, -0.2) is 0 Å². The molecule has 1 aromatic rings. The van der Waals surface area contributed by atoms with E-state index >= 15 is 0 Å². The predicted molar refractivity (Wildman–Crippen MR) is 83.4 cm³/mol. The summed E-state index contributed by atoms with van der Waals surface area (Å²) < 4.78 is 5.26. The maximum Gasteiger partial charge on any atom is 0.223 e. The van der Waals surface area contributed by atoms with Gasteiger partial charge in [-0.1, -0.05) is 12.2 Å². The van der Waals surface area contributed by atoms with Crippen LogP contribution in [0.3, 0.4) is 0 Å². The molecule has 0 atom stereocenters. The minimum absolute atomic E-state index is 0.108. The lowest BCUT2D eigenvalue weighted by Crippen LogP contribution is -2.32. The first kappa shape index (κ1) is 16.7. The van der Waals surface area contributed by atoms with E-state index in [1.54, 1.807) is 18.2 Å². The number of aryl methyl sites for hydroxylation is 1. The van der Waals surface area contributed by atoms with E-state index in [-0.39, 0.29) is 5.91 Å². The van der Waals surface area contributed by atoms with E-state index in [0.717, 1.165) is 17.9 Å². The maximum atomic E-state index is 11.9. The maximum absolute atomic E-state index is 11.9. The topological polar surface area (TPSA) is 62.7 Å². The SMILES string of the molecule is Cc1occc1CN(C)CCC(=O)N(C)CCC(N)=S. The van der Waals surface area contributed by atoms with E-state index in [0.29, 0.717) is 30.9 Å². The van der Waals surface area contributed by atoms with Crippen LogP contribution in [0.4, 0.5) is 0 Å². The number of thiocarbonyl (C=S) groups is 1. The number of rotatable bonds is 8. The van der Waals surface area contributed by atoms with Crippen LogP contribution < -0.4 is 5.73 Å². The molecule has 0 unspecified atom stereocenters. The summed E-state index contributed by atoms with van der Waals surface area (Å²) in [7, 11) is 3.77. The summed E-state index contributed by atoms with van der Waals surface area (Å²) in [6, 6.07) is 1.96. The highest BCUT2D eigenvalue weighted by molar-refractivity contribution is 7.80. The van der Waals surface area contributed by atoms with Gasteiger partial charge in [-0.3, -0.25) is 4.79 Å². The summed E-state index contributed by atoms with van der Waals surface area (Å²) in [5.41, 5.74) is 6.58. The molecule has 0 aliphatic heterocycles. The third kappa shape index (κ3) is 5.71.